The molecule has 0 spiro atoms. The maximum absolute atomic E-state index is 12.4. The highest BCUT2D eigenvalue weighted by molar-refractivity contribution is 7.99. The Labute approximate surface area is 141 Å². The number of carbonyl (C=O) groups excluding carboxylic acids is 3. The van der Waals surface area contributed by atoms with Crippen LogP contribution in [0, 0.1) is 0 Å². The molecule has 2 saturated heterocycles. The van der Waals surface area contributed by atoms with Crippen molar-refractivity contribution in [3.8, 4) is 0 Å². The molecule has 2 fully saturated rings. The minimum atomic E-state index is -0.487. The van der Waals surface area contributed by atoms with E-state index in [2.05, 4.69) is 5.32 Å². The monoisotopic (exact) mass is 339 g/mol. The van der Waals surface area contributed by atoms with Crippen molar-refractivity contribution < 1.29 is 14.4 Å². The summed E-state index contributed by atoms with van der Waals surface area (Å²) in [5.41, 5.74) is 0.668. The van der Waals surface area contributed by atoms with Gasteiger partial charge < -0.3 is 15.1 Å². The van der Waals surface area contributed by atoms with Crippen LogP contribution >= 0.6 is 11.8 Å². The predicted octanol–water partition coefficient (Wildman–Crippen LogP) is 0.983. The zero-order valence-corrected chi connectivity index (χ0v) is 14.7. The summed E-state index contributed by atoms with van der Waals surface area (Å²) in [6.45, 7) is 5.33. The Morgan fingerprint density at radius 3 is 2.61 bits per heavy atom. The number of carbonyl (C=O) groups is 3. The zero-order chi connectivity index (χ0) is 16.8. The largest absolute Gasteiger partial charge is 0.345 e. The van der Waals surface area contributed by atoms with Crippen LogP contribution in [-0.2, 0) is 14.4 Å². The summed E-state index contributed by atoms with van der Waals surface area (Å²) in [6, 6.07) is -0.487. The molecular formula is C16H25N3O3S. The third-order valence-corrected chi connectivity index (χ3v) is 5.18. The molecule has 2 aliphatic rings. The summed E-state index contributed by atoms with van der Waals surface area (Å²) in [4.78, 5) is 40.1. The van der Waals surface area contributed by atoms with Crippen molar-refractivity contribution in [3.63, 3.8) is 0 Å². The maximum atomic E-state index is 12.4. The molecule has 1 N–H and O–H groups in total. The first-order valence-corrected chi connectivity index (χ1v) is 9.31. The average Bonchev–Trinajstić information content (AvgIpc) is 3.22. The molecule has 0 aliphatic carbocycles. The highest BCUT2D eigenvalue weighted by atomic mass is 32.2. The van der Waals surface area contributed by atoms with Crippen LogP contribution in [0.4, 0.5) is 0 Å². The second kappa shape index (κ2) is 8.38. The lowest BCUT2D eigenvalue weighted by atomic mass is 10.2. The Balaban J connectivity index is 1.88. The van der Waals surface area contributed by atoms with E-state index < -0.39 is 6.04 Å². The molecule has 0 aromatic carbocycles. The van der Waals surface area contributed by atoms with Gasteiger partial charge in [-0.3, -0.25) is 14.4 Å². The van der Waals surface area contributed by atoms with Crippen LogP contribution in [0.15, 0.2) is 11.6 Å². The van der Waals surface area contributed by atoms with E-state index in [1.165, 1.54) is 0 Å². The molecule has 0 saturated carbocycles. The number of likely N-dealkylation sites (tertiary alicyclic amines) is 1. The number of hydrogen-bond acceptors (Lipinski definition) is 4. The normalized spacial score (nSPS) is 21.7. The molecule has 1 unspecified atom stereocenters. The molecule has 23 heavy (non-hydrogen) atoms. The van der Waals surface area contributed by atoms with E-state index in [1.54, 1.807) is 28.5 Å². The number of rotatable bonds is 5. The van der Waals surface area contributed by atoms with E-state index >= 15 is 0 Å². The van der Waals surface area contributed by atoms with Crippen LogP contribution in [0.25, 0.3) is 0 Å². The van der Waals surface area contributed by atoms with E-state index in [4.69, 9.17) is 0 Å². The van der Waals surface area contributed by atoms with Crippen LogP contribution in [0.1, 0.15) is 33.1 Å². The number of nitrogens with one attached hydrogen (secondary N) is 1. The fourth-order valence-electron chi connectivity index (χ4n) is 2.84. The van der Waals surface area contributed by atoms with E-state index in [-0.39, 0.29) is 24.3 Å². The van der Waals surface area contributed by atoms with Gasteiger partial charge in [0.05, 0.1) is 12.4 Å². The Morgan fingerprint density at radius 1 is 1.26 bits per heavy atom. The minimum Gasteiger partial charge on any atom is -0.345 e. The van der Waals surface area contributed by atoms with E-state index in [1.807, 2.05) is 13.0 Å². The Kier molecular flexibility index (Phi) is 6.50. The predicted molar refractivity (Wildman–Crippen MR) is 90.8 cm³/mol. The van der Waals surface area contributed by atoms with Gasteiger partial charge in [-0.05, 0) is 26.2 Å². The molecule has 0 radical (unpaired) electrons. The number of hydrogen-bond donors (Lipinski definition) is 1. The number of thioether (sulfide) groups is 1. The average molecular weight is 339 g/mol. The van der Waals surface area contributed by atoms with Crippen LogP contribution < -0.4 is 5.32 Å². The molecule has 2 aliphatic heterocycles. The van der Waals surface area contributed by atoms with Crippen molar-refractivity contribution >= 4 is 29.5 Å². The molecular weight excluding hydrogens is 314 g/mol. The number of allylic oxidation sites excluding steroid dienone is 1. The Morgan fingerprint density at radius 2 is 1.96 bits per heavy atom. The molecule has 3 amide bonds. The molecule has 6 nitrogen and oxygen atoms in total. The Bertz CT molecular complexity index is 501. The molecule has 2 heterocycles. The van der Waals surface area contributed by atoms with Crippen LogP contribution in [0.3, 0.4) is 0 Å². The van der Waals surface area contributed by atoms with Gasteiger partial charge in [0, 0.05) is 24.4 Å². The van der Waals surface area contributed by atoms with Gasteiger partial charge in [0.25, 0.3) is 5.91 Å². The van der Waals surface area contributed by atoms with E-state index in [0.717, 1.165) is 32.4 Å². The zero-order valence-electron chi connectivity index (χ0n) is 13.8. The topological polar surface area (TPSA) is 69.7 Å². The van der Waals surface area contributed by atoms with Gasteiger partial charge in [-0.1, -0.05) is 13.0 Å². The molecule has 0 aromatic heterocycles. The number of amides is 3. The quantitative estimate of drug-likeness (QED) is 0.758. The highest BCUT2D eigenvalue weighted by Gasteiger charge is 2.35. The smallest absolute Gasteiger partial charge is 0.250 e. The van der Waals surface area contributed by atoms with Gasteiger partial charge in [-0.25, -0.2) is 0 Å². The molecule has 2 rings (SSSR count). The first-order chi connectivity index (χ1) is 11.0. The molecule has 1 atom stereocenters. The van der Waals surface area contributed by atoms with Gasteiger partial charge in [0.2, 0.25) is 11.8 Å². The van der Waals surface area contributed by atoms with Crippen molar-refractivity contribution in [1.29, 1.82) is 0 Å². The lowest BCUT2D eigenvalue weighted by Crippen LogP contribution is -2.49. The lowest BCUT2D eigenvalue weighted by Gasteiger charge is -2.24. The fourth-order valence-corrected chi connectivity index (χ4v) is 3.99. The van der Waals surface area contributed by atoms with Crippen LogP contribution in [0.2, 0.25) is 0 Å². The summed E-state index contributed by atoms with van der Waals surface area (Å²) in [6.07, 6.45) is 4.73. The lowest BCUT2D eigenvalue weighted by molar-refractivity contribution is -0.137. The van der Waals surface area contributed by atoms with Crippen molar-refractivity contribution in [2.45, 2.75) is 39.2 Å². The summed E-state index contributed by atoms with van der Waals surface area (Å²) >= 11 is 1.56. The van der Waals surface area contributed by atoms with Gasteiger partial charge in [0.1, 0.15) is 6.04 Å². The molecule has 128 valence electrons. The summed E-state index contributed by atoms with van der Waals surface area (Å²) in [5, 5.41) is 2.70. The van der Waals surface area contributed by atoms with Gasteiger partial charge >= 0.3 is 0 Å². The van der Waals surface area contributed by atoms with E-state index in [9.17, 15) is 14.4 Å². The van der Waals surface area contributed by atoms with Gasteiger partial charge in [-0.2, -0.15) is 0 Å². The standard InChI is InChI=1S/C16H25N3O3S/c1-3-6-12(2)16(22)19-11-23-10-13(19)15(21)17-9-14(20)18-7-4-5-8-18/h6,13H,3-5,7-11H2,1-2H3,(H,17,21). The second-order valence-corrected chi connectivity index (χ2v) is 6.89. The SMILES string of the molecule is CCC=C(C)C(=O)N1CSCC1C(=O)NCC(=O)N1CCCC1. The molecule has 0 aromatic rings. The van der Waals surface area contributed by atoms with Crippen LogP contribution in [0.5, 0.6) is 0 Å². The van der Waals surface area contributed by atoms with Crippen molar-refractivity contribution in [2.75, 3.05) is 31.3 Å². The third kappa shape index (κ3) is 4.50. The van der Waals surface area contributed by atoms with Crippen molar-refractivity contribution in [1.82, 2.24) is 15.1 Å². The van der Waals surface area contributed by atoms with E-state index in [0.29, 0.717) is 17.2 Å². The van der Waals surface area contributed by atoms with Crippen molar-refractivity contribution in [3.05, 3.63) is 11.6 Å². The first kappa shape index (κ1) is 17.8. The number of nitrogens with zero attached hydrogens (tertiary/aromatic N) is 2. The first-order valence-electron chi connectivity index (χ1n) is 8.15. The van der Waals surface area contributed by atoms with Gasteiger partial charge in [-0.15, -0.1) is 11.8 Å². The third-order valence-electron chi connectivity index (χ3n) is 4.17. The Hall–Kier alpha value is -1.50. The fraction of sp³-hybridized carbons (Fsp3) is 0.688. The maximum Gasteiger partial charge on any atom is 0.250 e. The summed E-state index contributed by atoms with van der Waals surface area (Å²) < 4.78 is 0. The molecule has 7 heteroatoms. The van der Waals surface area contributed by atoms with Crippen LogP contribution in [-0.4, -0.2) is 64.8 Å². The van der Waals surface area contributed by atoms with Gasteiger partial charge in [0.15, 0.2) is 0 Å². The highest BCUT2D eigenvalue weighted by Crippen LogP contribution is 2.23. The summed E-state index contributed by atoms with van der Waals surface area (Å²) in [5.74, 6) is 0.727. The summed E-state index contributed by atoms with van der Waals surface area (Å²) in [7, 11) is 0. The molecule has 0 bridgehead atoms. The second-order valence-electron chi connectivity index (χ2n) is 5.89. The minimum absolute atomic E-state index is 0.0197. The van der Waals surface area contributed by atoms with Crippen molar-refractivity contribution in [2.24, 2.45) is 0 Å².